The smallest absolute Gasteiger partial charge is 0.251 e. The second kappa shape index (κ2) is 8.11. The normalized spacial score (nSPS) is 10.6. The molecule has 5 heteroatoms. The molecule has 0 aliphatic carbocycles. The van der Waals surface area contributed by atoms with E-state index in [1.54, 1.807) is 6.07 Å². The van der Waals surface area contributed by atoms with Crippen molar-refractivity contribution in [2.75, 3.05) is 18.8 Å². The summed E-state index contributed by atoms with van der Waals surface area (Å²) in [5, 5.41) is 3.91. The predicted octanol–water partition coefficient (Wildman–Crippen LogP) is 1.98. The van der Waals surface area contributed by atoms with Crippen LogP contribution >= 0.6 is 11.8 Å². The second-order valence-corrected chi connectivity index (χ2v) is 5.07. The number of hydrogen-bond donors (Lipinski definition) is 2. The molecule has 0 atom stereocenters. The first-order chi connectivity index (χ1) is 8.65. The van der Waals surface area contributed by atoms with E-state index >= 15 is 0 Å². The molecular weight excluding hydrogens is 246 g/mol. The van der Waals surface area contributed by atoms with E-state index in [4.69, 9.17) is 0 Å². The lowest BCUT2D eigenvalue weighted by Crippen LogP contribution is -2.17. The third kappa shape index (κ3) is 5.51. The van der Waals surface area contributed by atoms with Crippen molar-refractivity contribution in [2.24, 2.45) is 0 Å². The highest BCUT2D eigenvalue weighted by atomic mass is 32.2. The summed E-state index contributed by atoms with van der Waals surface area (Å²) < 4.78 is 0. The van der Waals surface area contributed by atoms with E-state index in [1.807, 2.05) is 0 Å². The maximum Gasteiger partial charge on any atom is 0.251 e. The van der Waals surface area contributed by atoms with E-state index in [-0.39, 0.29) is 5.56 Å². The molecule has 1 aromatic heterocycles. The number of aromatic nitrogens is 2. The molecule has 0 aliphatic heterocycles. The van der Waals surface area contributed by atoms with Crippen LogP contribution in [0.4, 0.5) is 0 Å². The van der Waals surface area contributed by atoms with Crippen LogP contribution in [0.5, 0.6) is 0 Å². The quantitative estimate of drug-likeness (QED) is 0.429. The van der Waals surface area contributed by atoms with Gasteiger partial charge in [-0.1, -0.05) is 44.2 Å². The van der Waals surface area contributed by atoms with Gasteiger partial charge in [0.05, 0.1) is 0 Å². The Hall–Kier alpha value is -1.07. The number of aryl methyl sites for hydroxylation is 1. The van der Waals surface area contributed by atoms with Gasteiger partial charge in [-0.25, -0.2) is 4.98 Å². The number of likely N-dealkylation sites (N-methyl/N-ethyl adjacent to an activating group) is 1. The zero-order valence-electron chi connectivity index (χ0n) is 11.1. The first-order valence-electron chi connectivity index (χ1n) is 6.26. The zero-order chi connectivity index (χ0) is 13.4. The molecule has 0 amide bonds. The van der Waals surface area contributed by atoms with Crippen LogP contribution in [0.3, 0.4) is 0 Å². The Morgan fingerprint density at radius 1 is 1.56 bits per heavy atom. The fourth-order valence-corrected chi connectivity index (χ4v) is 2.26. The van der Waals surface area contributed by atoms with E-state index in [2.05, 4.69) is 35.7 Å². The third-order valence-corrected chi connectivity index (χ3v) is 3.34. The molecule has 0 radical (unpaired) electrons. The summed E-state index contributed by atoms with van der Waals surface area (Å²) in [7, 11) is 0. The molecule has 0 saturated carbocycles. The molecule has 0 saturated heterocycles. The minimum atomic E-state index is -0.0757. The molecule has 4 nitrogen and oxygen atoms in total. The maximum atomic E-state index is 11.5. The number of thioether (sulfide) groups is 1. The first-order valence-corrected chi connectivity index (χ1v) is 7.24. The summed E-state index contributed by atoms with van der Waals surface area (Å²) in [5.74, 6) is 0.769. The monoisotopic (exact) mass is 267 g/mol. The van der Waals surface area contributed by atoms with E-state index in [9.17, 15) is 4.79 Å². The molecule has 18 heavy (non-hydrogen) atoms. The van der Waals surface area contributed by atoms with Crippen molar-refractivity contribution in [1.82, 2.24) is 15.3 Å². The van der Waals surface area contributed by atoms with Crippen LogP contribution in [0, 0.1) is 0 Å². The first kappa shape index (κ1) is 15.0. The van der Waals surface area contributed by atoms with Gasteiger partial charge < -0.3 is 10.3 Å². The molecule has 1 heterocycles. The summed E-state index contributed by atoms with van der Waals surface area (Å²) in [5.41, 5.74) is 1.89. The zero-order valence-corrected chi connectivity index (χ0v) is 11.9. The van der Waals surface area contributed by atoms with Crippen molar-refractivity contribution in [3.8, 4) is 0 Å². The number of H-pyrrole nitrogens is 1. The molecule has 0 spiro atoms. The topological polar surface area (TPSA) is 57.8 Å². The van der Waals surface area contributed by atoms with Crippen LogP contribution in [0.1, 0.15) is 26.0 Å². The maximum absolute atomic E-state index is 11.5. The van der Waals surface area contributed by atoms with Gasteiger partial charge in [0.25, 0.3) is 5.56 Å². The minimum Gasteiger partial charge on any atom is -0.313 e. The number of rotatable bonds is 8. The Bertz CT molecular complexity index is 442. The lowest BCUT2D eigenvalue weighted by molar-refractivity contribution is 0.778. The largest absolute Gasteiger partial charge is 0.313 e. The number of hydrogen-bond acceptors (Lipinski definition) is 4. The van der Waals surface area contributed by atoms with Gasteiger partial charge in [-0.15, -0.1) is 0 Å². The van der Waals surface area contributed by atoms with Gasteiger partial charge in [0.2, 0.25) is 0 Å². The number of nitrogens with zero attached hydrogens (tertiary/aromatic N) is 1. The Labute approximate surface area is 112 Å². The SMILES string of the molecule is C=C(CNCC)CSc1nc(CCC)cc(=O)[nH]1. The molecule has 1 rings (SSSR count). The molecule has 0 unspecified atom stereocenters. The Kier molecular flexibility index (Phi) is 6.75. The van der Waals surface area contributed by atoms with Crippen LogP contribution in [-0.2, 0) is 6.42 Å². The summed E-state index contributed by atoms with van der Waals surface area (Å²) in [6.07, 6.45) is 1.84. The van der Waals surface area contributed by atoms with Gasteiger partial charge in [-0.2, -0.15) is 0 Å². The molecule has 0 aromatic carbocycles. The van der Waals surface area contributed by atoms with E-state index in [0.717, 1.165) is 43.0 Å². The summed E-state index contributed by atoms with van der Waals surface area (Å²) in [6, 6.07) is 1.57. The van der Waals surface area contributed by atoms with Crippen LogP contribution < -0.4 is 10.9 Å². The van der Waals surface area contributed by atoms with Crippen LogP contribution in [0.15, 0.2) is 28.2 Å². The highest BCUT2D eigenvalue weighted by molar-refractivity contribution is 7.99. The summed E-state index contributed by atoms with van der Waals surface area (Å²) >= 11 is 1.53. The fourth-order valence-electron chi connectivity index (χ4n) is 1.46. The van der Waals surface area contributed by atoms with Crippen molar-refractivity contribution in [1.29, 1.82) is 0 Å². The lowest BCUT2D eigenvalue weighted by atomic mass is 10.2. The van der Waals surface area contributed by atoms with E-state index in [0.29, 0.717) is 5.16 Å². The fraction of sp³-hybridized carbons (Fsp3) is 0.538. The van der Waals surface area contributed by atoms with Gasteiger partial charge in [0.1, 0.15) is 0 Å². The van der Waals surface area contributed by atoms with Crippen molar-refractivity contribution >= 4 is 11.8 Å². The number of nitrogens with one attached hydrogen (secondary N) is 2. The Balaban J connectivity index is 2.56. The predicted molar refractivity (Wildman–Crippen MR) is 77.3 cm³/mol. The third-order valence-electron chi connectivity index (χ3n) is 2.32. The summed E-state index contributed by atoms with van der Waals surface area (Å²) in [4.78, 5) is 18.6. The van der Waals surface area contributed by atoms with Crippen LogP contribution in [0.2, 0.25) is 0 Å². The van der Waals surface area contributed by atoms with Crippen molar-refractivity contribution in [2.45, 2.75) is 31.8 Å². The molecule has 0 fully saturated rings. The van der Waals surface area contributed by atoms with E-state index in [1.165, 1.54) is 11.8 Å². The van der Waals surface area contributed by atoms with Gasteiger partial charge in [-0.05, 0) is 13.0 Å². The highest BCUT2D eigenvalue weighted by Gasteiger charge is 2.03. The standard InChI is InChI=1S/C13H21N3OS/c1-4-6-11-7-12(17)16-13(15-11)18-9-10(3)8-14-5-2/h7,14H,3-6,8-9H2,1-2H3,(H,15,16,17). The highest BCUT2D eigenvalue weighted by Crippen LogP contribution is 2.14. The van der Waals surface area contributed by atoms with Crippen molar-refractivity contribution in [3.63, 3.8) is 0 Å². The second-order valence-electron chi connectivity index (χ2n) is 4.11. The molecule has 2 N–H and O–H groups in total. The van der Waals surface area contributed by atoms with Gasteiger partial charge in [0.15, 0.2) is 5.16 Å². The molecule has 0 bridgehead atoms. The van der Waals surface area contributed by atoms with Gasteiger partial charge in [-0.3, -0.25) is 4.79 Å². The van der Waals surface area contributed by atoms with Crippen LogP contribution in [-0.4, -0.2) is 28.8 Å². The Morgan fingerprint density at radius 3 is 3.00 bits per heavy atom. The Morgan fingerprint density at radius 2 is 2.33 bits per heavy atom. The molecular formula is C13H21N3OS. The van der Waals surface area contributed by atoms with Gasteiger partial charge >= 0.3 is 0 Å². The van der Waals surface area contributed by atoms with Crippen LogP contribution in [0.25, 0.3) is 0 Å². The van der Waals surface area contributed by atoms with E-state index < -0.39 is 0 Å². The average Bonchev–Trinajstić information content (AvgIpc) is 2.33. The lowest BCUT2D eigenvalue weighted by Gasteiger charge is -2.06. The van der Waals surface area contributed by atoms with Crippen molar-refractivity contribution < 1.29 is 0 Å². The minimum absolute atomic E-state index is 0.0757. The average molecular weight is 267 g/mol. The molecule has 0 aliphatic rings. The summed E-state index contributed by atoms with van der Waals surface area (Å²) in [6.45, 7) is 9.87. The number of aromatic amines is 1. The van der Waals surface area contributed by atoms with Crippen molar-refractivity contribution in [3.05, 3.63) is 34.3 Å². The molecule has 100 valence electrons. The molecule has 1 aromatic rings. The van der Waals surface area contributed by atoms with Gasteiger partial charge in [0, 0.05) is 24.1 Å².